The first-order valence-corrected chi connectivity index (χ1v) is 7.74. The van der Waals surface area contributed by atoms with Crippen LogP contribution in [0.1, 0.15) is 29.3 Å². The molecular formula is C17H19ClN2O3. The lowest BCUT2D eigenvalue weighted by molar-refractivity contribution is 0.0931. The average Bonchev–Trinajstić information content (AvgIpc) is 2.55. The number of aromatic nitrogens is 1. The summed E-state index contributed by atoms with van der Waals surface area (Å²) in [6, 6.07) is 8.94. The van der Waals surface area contributed by atoms with E-state index >= 15 is 0 Å². The van der Waals surface area contributed by atoms with Crippen LogP contribution in [0.4, 0.5) is 0 Å². The number of amides is 1. The summed E-state index contributed by atoms with van der Waals surface area (Å²) < 4.78 is 5.10. The quantitative estimate of drug-likeness (QED) is 0.853. The fourth-order valence-electron chi connectivity index (χ4n) is 2.31. The highest BCUT2D eigenvalue weighted by molar-refractivity contribution is 6.30. The molecule has 1 heterocycles. The van der Waals surface area contributed by atoms with Crippen molar-refractivity contribution in [3.8, 4) is 5.75 Å². The molecule has 2 aromatic rings. The smallest absolute Gasteiger partial charge is 0.264 e. The average molecular weight is 335 g/mol. The van der Waals surface area contributed by atoms with Gasteiger partial charge in [-0.2, -0.15) is 0 Å². The lowest BCUT2D eigenvalue weighted by Gasteiger charge is -2.17. The number of hydrogen-bond donors (Lipinski definition) is 2. The van der Waals surface area contributed by atoms with E-state index in [9.17, 15) is 9.59 Å². The minimum Gasteiger partial charge on any atom is -0.496 e. The number of rotatable bonds is 6. The Morgan fingerprint density at radius 2 is 2.00 bits per heavy atom. The summed E-state index contributed by atoms with van der Waals surface area (Å²) in [5.41, 5.74) is 0.586. The molecule has 0 saturated heterocycles. The molecule has 1 amide bonds. The van der Waals surface area contributed by atoms with Crippen LogP contribution in [0.2, 0.25) is 5.02 Å². The van der Waals surface area contributed by atoms with Crippen molar-refractivity contribution in [2.75, 3.05) is 7.11 Å². The minimum absolute atomic E-state index is 0.00967. The van der Waals surface area contributed by atoms with Gasteiger partial charge in [-0.05, 0) is 36.6 Å². The molecule has 0 aliphatic rings. The second kappa shape index (κ2) is 7.83. The van der Waals surface area contributed by atoms with Gasteiger partial charge in [-0.25, -0.2) is 0 Å². The Balaban J connectivity index is 2.14. The van der Waals surface area contributed by atoms with E-state index in [1.54, 1.807) is 6.07 Å². The molecule has 1 atom stereocenters. The highest BCUT2D eigenvalue weighted by Crippen LogP contribution is 2.15. The molecule has 23 heavy (non-hydrogen) atoms. The first-order chi connectivity index (χ1) is 11.0. The van der Waals surface area contributed by atoms with E-state index in [1.165, 1.54) is 13.3 Å². The molecule has 0 unspecified atom stereocenters. The van der Waals surface area contributed by atoms with E-state index in [4.69, 9.17) is 16.3 Å². The van der Waals surface area contributed by atoms with Crippen LogP contribution in [0.25, 0.3) is 0 Å². The summed E-state index contributed by atoms with van der Waals surface area (Å²) in [5, 5.41) is 3.56. The summed E-state index contributed by atoms with van der Waals surface area (Å²) in [7, 11) is 1.43. The van der Waals surface area contributed by atoms with Crippen LogP contribution < -0.4 is 15.6 Å². The van der Waals surface area contributed by atoms with Gasteiger partial charge in [0.15, 0.2) is 0 Å². The van der Waals surface area contributed by atoms with E-state index < -0.39 is 11.5 Å². The Bertz CT molecular complexity index is 725. The largest absolute Gasteiger partial charge is 0.496 e. The number of aromatic amines is 1. The number of pyridine rings is 1. The monoisotopic (exact) mass is 334 g/mol. The maximum absolute atomic E-state index is 12.4. The van der Waals surface area contributed by atoms with Crippen LogP contribution in [-0.2, 0) is 6.42 Å². The molecule has 122 valence electrons. The SMILES string of the molecule is CC[C@@H](Cc1ccc(Cl)cc1)NC(=O)c1c(OC)cc[nH]c1=O. The third-order valence-corrected chi connectivity index (χ3v) is 3.84. The lowest BCUT2D eigenvalue weighted by atomic mass is 10.0. The summed E-state index contributed by atoms with van der Waals surface area (Å²) in [4.78, 5) is 26.8. The number of benzene rings is 1. The molecule has 1 aromatic heterocycles. The standard InChI is InChI=1S/C17H19ClN2O3/c1-3-13(10-11-4-6-12(18)7-5-11)20-17(22)15-14(23-2)8-9-19-16(15)21/h4-9,13H,3,10H2,1-2H3,(H,19,21)(H,20,22)/t13-/m0/s1. The second-order valence-corrected chi connectivity index (χ2v) is 5.60. The van der Waals surface area contributed by atoms with Crippen molar-refractivity contribution in [3.63, 3.8) is 0 Å². The zero-order valence-electron chi connectivity index (χ0n) is 13.1. The van der Waals surface area contributed by atoms with Gasteiger partial charge in [0.25, 0.3) is 11.5 Å². The van der Waals surface area contributed by atoms with Crippen molar-refractivity contribution in [2.24, 2.45) is 0 Å². The molecule has 2 rings (SSSR count). The lowest BCUT2D eigenvalue weighted by Crippen LogP contribution is -2.38. The van der Waals surface area contributed by atoms with E-state index in [0.29, 0.717) is 11.4 Å². The Hall–Kier alpha value is -2.27. The number of ether oxygens (including phenoxy) is 1. The maximum Gasteiger partial charge on any atom is 0.264 e. The molecule has 1 aromatic carbocycles. The Morgan fingerprint density at radius 3 is 2.61 bits per heavy atom. The van der Waals surface area contributed by atoms with Crippen molar-refractivity contribution in [1.82, 2.24) is 10.3 Å². The highest BCUT2D eigenvalue weighted by atomic mass is 35.5. The van der Waals surface area contributed by atoms with Crippen molar-refractivity contribution < 1.29 is 9.53 Å². The third kappa shape index (κ3) is 4.36. The van der Waals surface area contributed by atoms with Gasteiger partial charge >= 0.3 is 0 Å². The molecule has 6 heteroatoms. The predicted octanol–water partition coefficient (Wildman–Crippen LogP) is 2.79. The zero-order chi connectivity index (χ0) is 16.8. The van der Waals surface area contributed by atoms with Crippen LogP contribution in [0.3, 0.4) is 0 Å². The Labute approximate surface area is 139 Å². The fraction of sp³-hybridized carbons (Fsp3) is 0.294. The molecule has 0 aliphatic carbocycles. The summed E-state index contributed by atoms with van der Waals surface area (Å²) in [6.07, 6.45) is 2.84. The molecule has 0 bridgehead atoms. The van der Waals surface area contributed by atoms with Gasteiger partial charge in [0, 0.05) is 17.3 Å². The molecule has 0 fully saturated rings. The van der Waals surface area contributed by atoms with E-state index in [0.717, 1.165) is 12.0 Å². The molecule has 0 spiro atoms. The molecular weight excluding hydrogens is 316 g/mol. The van der Waals surface area contributed by atoms with Gasteiger partial charge in [-0.1, -0.05) is 30.7 Å². The van der Waals surface area contributed by atoms with Gasteiger partial charge in [0.1, 0.15) is 11.3 Å². The Kier molecular flexibility index (Phi) is 5.82. The van der Waals surface area contributed by atoms with Gasteiger partial charge in [0.2, 0.25) is 0 Å². The molecule has 0 radical (unpaired) electrons. The molecule has 0 aliphatic heterocycles. The first-order valence-electron chi connectivity index (χ1n) is 7.36. The van der Waals surface area contributed by atoms with Crippen molar-refractivity contribution in [1.29, 1.82) is 0 Å². The number of hydrogen-bond acceptors (Lipinski definition) is 3. The number of carbonyl (C=O) groups excluding carboxylic acids is 1. The van der Waals surface area contributed by atoms with Crippen LogP contribution >= 0.6 is 11.6 Å². The molecule has 0 saturated carbocycles. The maximum atomic E-state index is 12.4. The van der Waals surface area contributed by atoms with Gasteiger partial charge in [-0.15, -0.1) is 0 Å². The summed E-state index contributed by atoms with van der Waals surface area (Å²) >= 11 is 5.88. The van der Waals surface area contributed by atoms with Gasteiger partial charge < -0.3 is 15.0 Å². The first kappa shape index (κ1) is 17.1. The van der Waals surface area contributed by atoms with Crippen molar-refractivity contribution >= 4 is 17.5 Å². The predicted molar refractivity (Wildman–Crippen MR) is 90.3 cm³/mol. The topological polar surface area (TPSA) is 71.2 Å². The number of halogens is 1. The van der Waals surface area contributed by atoms with Gasteiger partial charge in [0.05, 0.1) is 7.11 Å². The van der Waals surface area contributed by atoms with Crippen molar-refractivity contribution in [2.45, 2.75) is 25.8 Å². The number of nitrogens with one attached hydrogen (secondary N) is 2. The third-order valence-electron chi connectivity index (χ3n) is 3.59. The normalized spacial score (nSPS) is 11.8. The minimum atomic E-state index is -0.469. The molecule has 5 nitrogen and oxygen atoms in total. The molecule has 2 N–H and O–H groups in total. The number of methoxy groups -OCH3 is 1. The Morgan fingerprint density at radius 1 is 1.30 bits per heavy atom. The van der Waals surface area contributed by atoms with E-state index in [-0.39, 0.29) is 17.4 Å². The number of H-pyrrole nitrogens is 1. The summed E-state index contributed by atoms with van der Waals surface area (Å²) in [5.74, 6) is -0.183. The number of carbonyl (C=O) groups is 1. The van der Waals surface area contributed by atoms with Crippen LogP contribution in [0.15, 0.2) is 41.3 Å². The van der Waals surface area contributed by atoms with E-state index in [1.807, 2.05) is 31.2 Å². The van der Waals surface area contributed by atoms with E-state index in [2.05, 4.69) is 10.3 Å². The zero-order valence-corrected chi connectivity index (χ0v) is 13.8. The second-order valence-electron chi connectivity index (χ2n) is 5.16. The van der Waals surface area contributed by atoms with Crippen molar-refractivity contribution in [3.05, 3.63) is 63.0 Å². The fourth-order valence-corrected chi connectivity index (χ4v) is 2.43. The van der Waals surface area contributed by atoms with Crippen LogP contribution in [0, 0.1) is 0 Å². The van der Waals surface area contributed by atoms with Crippen LogP contribution in [0.5, 0.6) is 5.75 Å². The highest BCUT2D eigenvalue weighted by Gasteiger charge is 2.19. The van der Waals surface area contributed by atoms with Gasteiger partial charge in [-0.3, -0.25) is 9.59 Å². The van der Waals surface area contributed by atoms with Crippen LogP contribution in [-0.4, -0.2) is 24.0 Å². The summed E-state index contributed by atoms with van der Waals surface area (Å²) in [6.45, 7) is 1.98.